The molecule has 1 aromatic carbocycles. The molecule has 1 N–H and O–H groups in total. The van der Waals surface area contributed by atoms with Crippen molar-refractivity contribution in [2.24, 2.45) is 5.92 Å². The van der Waals surface area contributed by atoms with Gasteiger partial charge in [0.15, 0.2) is 5.78 Å². The largest absolute Gasteiger partial charge is 0.487 e. The van der Waals surface area contributed by atoms with Gasteiger partial charge in [-0.1, -0.05) is 13.8 Å². The van der Waals surface area contributed by atoms with Gasteiger partial charge in [-0.05, 0) is 38.0 Å². The Kier molecular flexibility index (Phi) is 3.84. The monoisotopic (exact) mass is 275 g/mol. The summed E-state index contributed by atoms with van der Waals surface area (Å²) in [5.74, 6) is 0.822. The molecule has 2 rings (SSSR count). The van der Waals surface area contributed by atoms with E-state index < -0.39 is 5.60 Å². The Balaban J connectivity index is 2.22. The molecule has 1 aliphatic rings. The van der Waals surface area contributed by atoms with Crippen LogP contribution in [0.5, 0.6) is 5.75 Å². The molecule has 0 atom stereocenters. The van der Waals surface area contributed by atoms with Gasteiger partial charge >= 0.3 is 0 Å². The van der Waals surface area contributed by atoms with Crippen molar-refractivity contribution in [3.05, 3.63) is 29.3 Å². The van der Waals surface area contributed by atoms with E-state index in [4.69, 9.17) is 4.74 Å². The fraction of sp³-hybridized carbons (Fsp3) is 0.500. The lowest BCUT2D eigenvalue weighted by Gasteiger charge is -2.31. The van der Waals surface area contributed by atoms with Crippen LogP contribution in [0.3, 0.4) is 0 Å². The van der Waals surface area contributed by atoms with Crippen LogP contribution < -0.4 is 10.1 Å². The third kappa shape index (κ3) is 3.18. The van der Waals surface area contributed by atoms with E-state index in [1.54, 1.807) is 18.2 Å². The van der Waals surface area contributed by atoms with Gasteiger partial charge in [0.05, 0.1) is 12.0 Å². The quantitative estimate of drug-likeness (QED) is 0.923. The van der Waals surface area contributed by atoms with Crippen LogP contribution in [-0.4, -0.2) is 23.8 Å². The molecular weight excluding hydrogens is 254 g/mol. The van der Waals surface area contributed by atoms with Crippen LogP contribution in [0.2, 0.25) is 0 Å². The summed E-state index contributed by atoms with van der Waals surface area (Å²) >= 11 is 0. The van der Waals surface area contributed by atoms with E-state index in [0.717, 1.165) is 0 Å². The van der Waals surface area contributed by atoms with Crippen molar-refractivity contribution >= 4 is 11.7 Å². The number of ether oxygens (including phenoxy) is 1. The molecule has 0 saturated carbocycles. The summed E-state index contributed by atoms with van der Waals surface area (Å²) in [6, 6.07) is 5.03. The Hall–Kier alpha value is -1.84. The standard InChI is InChI=1S/C16H21NO3/c1-10(2)9-17-15(19)11-5-6-14-12(7-11)13(18)8-16(3,4)20-14/h5-7,10H,8-9H2,1-4H3,(H,17,19). The number of hydrogen-bond donors (Lipinski definition) is 1. The molecule has 20 heavy (non-hydrogen) atoms. The highest BCUT2D eigenvalue weighted by Gasteiger charge is 2.32. The summed E-state index contributed by atoms with van der Waals surface area (Å²) in [6.45, 7) is 8.46. The molecule has 1 aliphatic heterocycles. The lowest BCUT2D eigenvalue weighted by Crippen LogP contribution is -2.36. The second kappa shape index (κ2) is 5.27. The molecule has 1 heterocycles. The van der Waals surface area contributed by atoms with Gasteiger partial charge in [0.1, 0.15) is 11.4 Å². The number of amides is 1. The second-order valence-electron chi connectivity index (χ2n) is 6.28. The maximum absolute atomic E-state index is 12.1. The normalized spacial score (nSPS) is 16.6. The predicted molar refractivity (Wildman–Crippen MR) is 77.3 cm³/mol. The number of carbonyl (C=O) groups is 2. The second-order valence-corrected chi connectivity index (χ2v) is 6.28. The molecule has 1 aromatic rings. The minimum atomic E-state index is -0.481. The minimum Gasteiger partial charge on any atom is -0.487 e. The summed E-state index contributed by atoms with van der Waals surface area (Å²) < 4.78 is 5.77. The van der Waals surface area contributed by atoms with Gasteiger partial charge < -0.3 is 10.1 Å². The molecule has 1 amide bonds. The van der Waals surface area contributed by atoms with Crippen molar-refractivity contribution in [1.29, 1.82) is 0 Å². The average molecular weight is 275 g/mol. The van der Waals surface area contributed by atoms with E-state index in [9.17, 15) is 9.59 Å². The van der Waals surface area contributed by atoms with Gasteiger partial charge in [-0.2, -0.15) is 0 Å². The molecule has 0 aliphatic carbocycles. The molecular formula is C16H21NO3. The van der Waals surface area contributed by atoms with Crippen molar-refractivity contribution in [2.75, 3.05) is 6.54 Å². The summed E-state index contributed by atoms with van der Waals surface area (Å²) in [4.78, 5) is 24.1. The highest BCUT2D eigenvalue weighted by atomic mass is 16.5. The van der Waals surface area contributed by atoms with Crippen LogP contribution in [0.15, 0.2) is 18.2 Å². The highest BCUT2D eigenvalue weighted by molar-refractivity contribution is 6.03. The molecule has 4 nitrogen and oxygen atoms in total. The number of hydrogen-bond acceptors (Lipinski definition) is 3. The molecule has 4 heteroatoms. The molecule has 0 bridgehead atoms. The summed E-state index contributed by atoms with van der Waals surface area (Å²) in [5, 5.41) is 2.85. The number of carbonyl (C=O) groups excluding carboxylic acids is 2. The van der Waals surface area contributed by atoms with E-state index in [2.05, 4.69) is 5.32 Å². The van der Waals surface area contributed by atoms with Crippen LogP contribution in [0.4, 0.5) is 0 Å². The Labute approximate surface area is 119 Å². The average Bonchev–Trinajstić information content (AvgIpc) is 2.34. The predicted octanol–water partition coefficient (Wildman–Crippen LogP) is 2.82. The SMILES string of the molecule is CC(C)CNC(=O)c1ccc2c(c1)C(=O)CC(C)(C)O2. The Morgan fingerprint density at radius 2 is 2.10 bits per heavy atom. The van der Waals surface area contributed by atoms with E-state index in [1.807, 2.05) is 27.7 Å². The molecule has 0 radical (unpaired) electrons. The van der Waals surface area contributed by atoms with Crippen molar-refractivity contribution < 1.29 is 14.3 Å². The highest BCUT2D eigenvalue weighted by Crippen LogP contribution is 2.33. The molecule has 0 spiro atoms. The van der Waals surface area contributed by atoms with Crippen LogP contribution in [0.25, 0.3) is 0 Å². The Bertz CT molecular complexity index is 547. The van der Waals surface area contributed by atoms with Gasteiger partial charge in [-0.25, -0.2) is 0 Å². The van der Waals surface area contributed by atoms with E-state index in [-0.39, 0.29) is 11.7 Å². The number of benzene rings is 1. The van der Waals surface area contributed by atoms with Crippen molar-refractivity contribution in [1.82, 2.24) is 5.32 Å². The molecule has 0 aromatic heterocycles. The van der Waals surface area contributed by atoms with Gasteiger partial charge in [-0.15, -0.1) is 0 Å². The first kappa shape index (κ1) is 14.6. The first-order chi connectivity index (χ1) is 9.28. The maximum atomic E-state index is 12.1. The minimum absolute atomic E-state index is 0.0229. The van der Waals surface area contributed by atoms with Crippen molar-refractivity contribution in [3.8, 4) is 5.75 Å². The molecule has 108 valence electrons. The zero-order chi connectivity index (χ0) is 14.9. The number of Topliss-reactive ketones (excluding diaryl/α,β-unsaturated/α-hetero) is 1. The fourth-order valence-electron chi connectivity index (χ4n) is 2.19. The Morgan fingerprint density at radius 1 is 1.40 bits per heavy atom. The fourth-order valence-corrected chi connectivity index (χ4v) is 2.19. The van der Waals surface area contributed by atoms with Crippen LogP contribution in [0.1, 0.15) is 54.8 Å². The molecule has 0 saturated heterocycles. The number of nitrogens with one attached hydrogen (secondary N) is 1. The lowest BCUT2D eigenvalue weighted by molar-refractivity contribution is 0.0620. The Morgan fingerprint density at radius 3 is 2.75 bits per heavy atom. The first-order valence-corrected chi connectivity index (χ1v) is 6.93. The first-order valence-electron chi connectivity index (χ1n) is 6.93. The lowest BCUT2D eigenvalue weighted by atomic mass is 9.92. The van der Waals surface area contributed by atoms with Crippen LogP contribution in [0, 0.1) is 5.92 Å². The number of ketones is 1. The van der Waals surface area contributed by atoms with E-state index >= 15 is 0 Å². The third-order valence-corrected chi connectivity index (χ3v) is 3.19. The van der Waals surface area contributed by atoms with Crippen molar-refractivity contribution in [3.63, 3.8) is 0 Å². The number of rotatable bonds is 3. The zero-order valence-electron chi connectivity index (χ0n) is 12.4. The molecule has 0 unspecified atom stereocenters. The number of fused-ring (bicyclic) bond motifs is 1. The van der Waals surface area contributed by atoms with E-state index in [0.29, 0.717) is 35.8 Å². The topological polar surface area (TPSA) is 55.4 Å². The molecule has 0 fully saturated rings. The zero-order valence-corrected chi connectivity index (χ0v) is 12.4. The van der Waals surface area contributed by atoms with Gasteiger partial charge in [0.25, 0.3) is 5.91 Å². The van der Waals surface area contributed by atoms with Gasteiger partial charge in [0.2, 0.25) is 0 Å². The summed E-state index contributed by atoms with van der Waals surface area (Å²) in [7, 11) is 0. The van der Waals surface area contributed by atoms with Crippen molar-refractivity contribution in [2.45, 2.75) is 39.7 Å². The van der Waals surface area contributed by atoms with Crippen LogP contribution >= 0.6 is 0 Å². The van der Waals surface area contributed by atoms with Gasteiger partial charge in [-0.3, -0.25) is 9.59 Å². The van der Waals surface area contributed by atoms with Crippen LogP contribution in [-0.2, 0) is 0 Å². The van der Waals surface area contributed by atoms with E-state index in [1.165, 1.54) is 0 Å². The summed E-state index contributed by atoms with van der Waals surface area (Å²) in [6.07, 6.45) is 0.330. The van der Waals surface area contributed by atoms with Gasteiger partial charge in [0, 0.05) is 12.1 Å². The maximum Gasteiger partial charge on any atom is 0.251 e. The smallest absolute Gasteiger partial charge is 0.251 e. The third-order valence-electron chi connectivity index (χ3n) is 3.19. The summed E-state index contributed by atoms with van der Waals surface area (Å²) in [5.41, 5.74) is 0.522.